The smallest absolute Gasteiger partial charge is 0.226 e. The molecular weight excluding hydrogens is 444 g/mol. The average molecular weight is 467 g/mol. The van der Waals surface area contributed by atoms with Crippen molar-refractivity contribution in [1.82, 2.24) is 14.8 Å². The van der Waals surface area contributed by atoms with Gasteiger partial charge in [0.15, 0.2) is 11.5 Å². The number of aromatic nitrogens is 3. The van der Waals surface area contributed by atoms with Gasteiger partial charge in [-0.25, -0.2) is 4.98 Å². The lowest BCUT2D eigenvalue weighted by Crippen LogP contribution is -2.24. The summed E-state index contributed by atoms with van der Waals surface area (Å²) in [6.45, 7) is 0. The molecule has 0 fully saturated rings. The molecule has 0 radical (unpaired) electrons. The Kier molecular flexibility index (Phi) is 5.29. The number of hydrogen-bond acceptors (Lipinski definition) is 8. The maximum atomic E-state index is 12.7. The number of nitrogens with zero attached hydrogens (tertiary/aromatic N) is 3. The normalized spacial score (nSPS) is 15.2. The minimum atomic E-state index is -0.231. The van der Waals surface area contributed by atoms with Crippen molar-refractivity contribution in [3.63, 3.8) is 0 Å². The molecule has 0 saturated carbocycles. The number of amides is 1. The van der Waals surface area contributed by atoms with Gasteiger partial charge in [-0.15, -0.1) is 0 Å². The molecule has 1 N–H and O–H groups in total. The predicted octanol–water partition coefficient (Wildman–Crippen LogP) is 3.99. The number of hydrogen-bond donors (Lipinski definition) is 1. The monoisotopic (exact) mass is 466 g/mol. The molecule has 1 aliphatic heterocycles. The first-order valence-electron chi connectivity index (χ1n) is 10.2. The molecule has 0 saturated heterocycles. The van der Waals surface area contributed by atoms with Gasteiger partial charge in [0.25, 0.3) is 0 Å². The maximum absolute atomic E-state index is 12.7. The topological polar surface area (TPSA) is 96.7 Å². The fourth-order valence-corrected chi connectivity index (χ4v) is 5.03. The van der Waals surface area contributed by atoms with Gasteiger partial charge in [0.1, 0.15) is 11.6 Å². The van der Waals surface area contributed by atoms with Crippen molar-refractivity contribution >= 4 is 33.3 Å². The molecule has 1 unspecified atom stereocenters. The van der Waals surface area contributed by atoms with E-state index in [0.717, 1.165) is 27.1 Å². The zero-order chi connectivity index (χ0) is 23.1. The van der Waals surface area contributed by atoms with Crippen molar-refractivity contribution < 1.29 is 23.7 Å². The Morgan fingerprint density at radius 3 is 2.45 bits per heavy atom. The molecule has 170 valence electrons. The molecule has 1 amide bonds. The average Bonchev–Trinajstić information content (AvgIpc) is 3.45. The third-order valence-electron chi connectivity index (χ3n) is 5.68. The molecule has 0 spiro atoms. The van der Waals surface area contributed by atoms with E-state index in [9.17, 15) is 4.79 Å². The van der Waals surface area contributed by atoms with Crippen LogP contribution in [-0.2, 0) is 4.79 Å². The molecule has 4 aromatic rings. The van der Waals surface area contributed by atoms with Crippen LogP contribution in [0.2, 0.25) is 0 Å². The number of benzene rings is 2. The quantitative estimate of drug-likeness (QED) is 0.459. The predicted molar refractivity (Wildman–Crippen MR) is 124 cm³/mol. The molecule has 1 atom stereocenters. The number of carbonyl (C=O) groups is 1. The van der Waals surface area contributed by atoms with E-state index in [-0.39, 0.29) is 18.2 Å². The summed E-state index contributed by atoms with van der Waals surface area (Å²) in [5.41, 5.74) is 2.60. The highest BCUT2D eigenvalue weighted by atomic mass is 32.1. The molecule has 2 aromatic heterocycles. The summed E-state index contributed by atoms with van der Waals surface area (Å²) < 4.78 is 24.4. The highest BCUT2D eigenvalue weighted by Crippen LogP contribution is 2.45. The van der Waals surface area contributed by atoms with Crippen LogP contribution >= 0.6 is 11.3 Å². The Morgan fingerprint density at radius 1 is 1.03 bits per heavy atom. The van der Waals surface area contributed by atoms with Crippen molar-refractivity contribution in [3.8, 4) is 28.1 Å². The van der Waals surface area contributed by atoms with Crippen LogP contribution in [0, 0.1) is 0 Å². The van der Waals surface area contributed by atoms with Crippen LogP contribution < -0.4 is 24.3 Å². The van der Waals surface area contributed by atoms with Crippen molar-refractivity contribution in [3.05, 3.63) is 47.7 Å². The zero-order valence-electron chi connectivity index (χ0n) is 18.5. The second-order valence-electron chi connectivity index (χ2n) is 7.45. The molecule has 10 heteroatoms. The Morgan fingerprint density at radius 2 is 1.79 bits per heavy atom. The molecule has 33 heavy (non-hydrogen) atoms. The lowest BCUT2D eigenvalue weighted by atomic mass is 9.87. The lowest BCUT2D eigenvalue weighted by Gasteiger charge is -2.24. The highest BCUT2D eigenvalue weighted by Gasteiger charge is 2.32. The van der Waals surface area contributed by atoms with E-state index in [2.05, 4.69) is 10.4 Å². The Bertz CT molecular complexity index is 1340. The maximum Gasteiger partial charge on any atom is 0.226 e. The minimum absolute atomic E-state index is 0.106. The number of carbonyl (C=O) groups excluding carboxylic acids is 1. The molecule has 9 nitrogen and oxygen atoms in total. The summed E-state index contributed by atoms with van der Waals surface area (Å²) in [6.07, 6.45) is 2.05. The second kappa shape index (κ2) is 8.28. The Balaban J connectivity index is 1.60. The fraction of sp³-hybridized carbons (Fsp3) is 0.261. The lowest BCUT2D eigenvalue weighted by molar-refractivity contribution is -0.116. The SMILES string of the molecule is COc1ccc2nc(-n3ncc4c3NC(=O)CC4c3cc(OC)c(OC)c(OC)c3)sc2c1. The first-order chi connectivity index (χ1) is 16.1. The van der Waals surface area contributed by atoms with Crippen molar-refractivity contribution in [2.24, 2.45) is 0 Å². The van der Waals surface area contributed by atoms with E-state index in [0.29, 0.717) is 28.2 Å². The van der Waals surface area contributed by atoms with Crippen LogP contribution in [0.5, 0.6) is 23.0 Å². The van der Waals surface area contributed by atoms with E-state index in [1.165, 1.54) is 11.3 Å². The largest absolute Gasteiger partial charge is 0.497 e. The third kappa shape index (κ3) is 3.52. The van der Waals surface area contributed by atoms with Gasteiger partial charge in [-0.3, -0.25) is 4.79 Å². The summed E-state index contributed by atoms with van der Waals surface area (Å²) in [7, 11) is 6.33. The van der Waals surface area contributed by atoms with Crippen LogP contribution in [0.1, 0.15) is 23.5 Å². The van der Waals surface area contributed by atoms with Gasteiger partial charge in [-0.05, 0) is 35.9 Å². The molecule has 3 heterocycles. The van der Waals surface area contributed by atoms with Gasteiger partial charge in [0.2, 0.25) is 16.8 Å². The number of thiazole rings is 1. The number of ether oxygens (including phenoxy) is 4. The number of fused-ring (bicyclic) bond motifs is 2. The molecule has 5 rings (SSSR count). The van der Waals surface area contributed by atoms with Crippen LogP contribution in [0.4, 0.5) is 5.82 Å². The van der Waals surface area contributed by atoms with Crippen molar-refractivity contribution in [1.29, 1.82) is 0 Å². The Hall–Kier alpha value is -3.79. The standard InChI is InChI=1S/C23H22N4O5S/c1-29-13-5-6-16-19(9-13)33-23(25-16)27-22-15(11-24-27)14(10-20(28)26-22)12-7-17(30-2)21(32-4)18(8-12)31-3/h5-9,11,14H,10H2,1-4H3,(H,26,28). The van der Waals surface area contributed by atoms with Crippen molar-refractivity contribution in [2.75, 3.05) is 33.8 Å². The van der Waals surface area contributed by atoms with Gasteiger partial charge in [-0.2, -0.15) is 9.78 Å². The number of rotatable bonds is 6. The van der Waals surface area contributed by atoms with Gasteiger partial charge in [0, 0.05) is 17.9 Å². The van der Waals surface area contributed by atoms with E-state index in [1.807, 2.05) is 30.3 Å². The molecular formula is C23H22N4O5S. The Labute approximate surface area is 193 Å². The van der Waals surface area contributed by atoms with E-state index in [1.54, 1.807) is 39.3 Å². The zero-order valence-corrected chi connectivity index (χ0v) is 19.4. The summed E-state index contributed by atoms with van der Waals surface area (Å²) >= 11 is 1.47. The van der Waals surface area contributed by atoms with Gasteiger partial charge in [-0.1, -0.05) is 11.3 Å². The number of methoxy groups -OCH3 is 4. The van der Waals surface area contributed by atoms with Crippen molar-refractivity contribution in [2.45, 2.75) is 12.3 Å². The van der Waals surface area contributed by atoms with E-state index < -0.39 is 0 Å². The fourth-order valence-electron chi connectivity index (χ4n) is 4.08. The second-order valence-corrected chi connectivity index (χ2v) is 8.46. The summed E-state index contributed by atoms with van der Waals surface area (Å²) in [4.78, 5) is 17.4. The van der Waals surface area contributed by atoms with Crippen LogP contribution in [-0.4, -0.2) is 49.1 Å². The molecule has 0 bridgehead atoms. The first kappa shape index (κ1) is 21.1. The summed E-state index contributed by atoms with van der Waals surface area (Å²) in [5.74, 6) is 2.60. The van der Waals surface area contributed by atoms with Gasteiger partial charge < -0.3 is 24.3 Å². The number of nitrogens with one attached hydrogen (secondary N) is 1. The third-order valence-corrected chi connectivity index (χ3v) is 6.67. The molecule has 2 aromatic carbocycles. The van der Waals surface area contributed by atoms with Gasteiger partial charge in [0.05, 0.1) is 44.9 Å². The van der Waals surface area contributed by atoms with E-state index >= 15 is 0 Å². The van der Waals surface area contributed by atoms with Crippen LogP contribution in [0.3, 0.4) is 0 Å². The summed E-state index contributed by atoms with van der Waals surface area (Å²) in [6, 6.07) is 9.45. The van der Waals surface area contributed by atoms with Crippen LogP contribution in [0.15, 0.2) is 36.5 Å². The minimum Gasteiger partial charge on any atom is -0.497 e. The van der Waals surface area contributed by atoms with Gasteiger partial charge >= 0.3 is 0 Å². The van der Waals surface area contributed by atoms with Crippen LogP contribution in [0.25, 0.3) is 15.3 Å². The highest BCUT2D eigenvalue weighted by molar-refractivity contribution is 7.20. The van der Waals surface area contributed by atoms with E-state index in [4.69, 9.17) is 23.9 Å². The molecule has 1 aliphatic rings. The number of anilines is 1. The molecule has 0 aliphatic carbocycles. The first-order valence-corrected chi connectivity index (χ1v) is 11.0. The summed E-state index contributed by atoms with van der Waals surface area (Å²) in [5, 5.41) is 8.19.